The topological polar surface area (TPSA) is 54.3 Å². The number of amides is 1. The summed E-state index contributed by atoms with van der Waals surface area (Å²) in [7, 11) is 0. The molecule has 1 aliphatic rings. The summed E-state index contributed by atoms with van der Waals surface area (Å²) in [6, 6.07) is 11.6. The van der Waals surface area contributed by atoms with Gasteiger partial charge in [-0.2, -0.15) is 0 Å². The molecule has 0 atom stereocenters. The number of carbonyl (C=O) groups excluding carboxylic acids is 1. The van der Waals surface area contributed by atoms with Crippen LogP contribution >= 0.6 is 11.6 Å². The smallest absolute Gasteiger partial charge is 0.255 e. The summed E-state index contributed by atoms with van der Waals surface area (Å²) in [5.41, 5.74) is 1.81. The van der Waals surface area contributed by atoms with Crippen molar-refractivity contribution >= 4 is 17.5 Å². The van der Waals surface area contributed by atoms with E-state index in [0.29, 0.717) is 18.7 Å². The molecule has 1 aromatic carbocycles. The second kappa shape index (κ2) is 7.90. The maximum atomic E-state index is 12.7. The lowest BCUT2D eigenvalue weighted by Crippen LogP contribution is -2.48. The van der Waals surface area contributed by atoms with E-state index < -0.39 is 0 Å². The molecule has 0 saturated carbocycles. The van der Waals surface area contributed by atoms with Crippen LogP contribution in [0.15, 0.2) is 61.3 Å². The number of pyridine rings is 1. The van der Waals surface area contributed by atoms with Gasteiger partial charge in [0.2, 0.25) is 0 Å². The predicted molar refractivity (Wildman–Crippen MR) is 104 cm³/mol. The predicted octanol–water partition coefficient (Wildman–Crippen LogP) is 2.88. The zero-order chi connectivity index (χ0) is 18.6. The highest BCUT2D eigenvalue weighted by atomic mass is 35.5. The molecule has 1 fully saturated rings. The summed E-state index contributed by atoms with van der Waals surface area (Å²) in [6.45, 7) is 3.96. The molecule has 7 heteroatoms. The van der Waals surface area contributed by atoms with Crippen LogP contribution in [0.4, 0.5) is 0 Å². The van der Waals surface area contributed by atoms with E-state index in [4.69, 9.17) is 11.6 Å². The molecule has 138 valence electrons. The number of hydrogen-bond acceptors (Lipinski definition) is 4. The van der Waals surface area contributed by atoms with Gasteiger partial charge in [-0.05, 0) is 29.8 Å². The second-order valence-electron chi connectivity index (χ2n) is 6.57. The number of rotatable bonds is 4. The highest BCUT2D eigenvalue weighted by molar-refractivity contribution is 6.30. The first-order valence-electron chi connectivity index (χ1n) is 8.89. The van der Waals surface area contributed by atoms with Crippen LogP contribution < -0.4 is 0 Å². The summed E-state index contributed by atoms with van der Waals surface area (Å²) < 4.78 is 1.81. The molecule has 3 aromatic rings. The van der Waals surface area contributed by atoms with Gasteiger partial charge in [0.15, 0.2) is 0 Å². The molecule has 27 heavy (non-hydrogen) atoms. The van der Waals surface area contributed by atoms with Crippen LogP contribution in [0, 0.1) is 0 Å². The standard InChI is InChI=1S/C20H20ClN5O/c21-18-3-1-2-16(12-18)14-24-8-10-25(11-9-24)20(27)17-4-5-19(23-13-17)26-7-6-22-15-26/h1-7,12-13,15H,8-11,14H2. The van der Waals surface area contributed by atoms with Crippen LogP contribution in [-0.4, -0.2) is 56.4 Å². The van der Waals surface area contributed by atoms with Crippen molar-refractivity contribution in [2.24, 2.45) is 0 Å². The van der Waals surface area contributed by atoms with E-state index in [9.17, 15) is 4.79 Å². The van der Waals surface area contributed by atoms with Gasteiger partial charge in [0, 0.05) is 56.3 Å². The Morgan fingerprint density at radius 3 is 2.63 bits per heavy atom. The third-order valence-electron chi connectivity index (χ3n) is 4.72. The Morgan fingerprint density at radius 2 is 1.96 bits per heavy atom. The van der Waals surface area contributed by atoms with Crippen molar-refractivity contribution in [1.29, 1.82) is 0 Å². The molecule has 0 aliphatic carbocycles. The fourth-order valence-corrected chi connectivity index (χ4v) is 3.46. The molecular weight excluding hydrogens is 362 g/mol. The van der Waals surface area contributed by atoms with Crippen LogP contribution in [0.2, 0.25) is 5.02 Å². The maximum absolute atomic E-state index is 12.7. The van der Waals surface area contributed by atoms with Crippen LogP contribution in [-0.2, 0) is 6.54 Å². The summed E-state index contributed by atoms with van der Waals surface area (Å²) in [6.07, 6.45) is 6.84. The van der Waals surface area contributed by atoms with Gasteiger partial charge in [-0.15, -0.1) is 0 Å². The molecule has 0 N–H and O–H groups in total. The first-order chi connectivity index (χ1) is 13.2. The number of aromatic nitrogens is 3. The van der Waals surface area contributed by atoms with Crippen molar-refractivity contribution in [2.45, 2.75) is 6.54 Å². The number of benzene rings is 1. The van der Waals surface area contributed by atoms with E-state index in [1.54, 1.807) is 18.7 Å². The number of nitrogens with zero attached hydrogens (tertiary/aromatic N) is 5. The first kappa shape index (κ1) is 17.7. The highest BCUT2D eigenvalue weighted by Gasteiger charge is 2.22. The third-order valence-corrected chi connectivity index (χ3v) is 4.95. The summed E-state index contributed by atoms with van der Waals surface area (Å²) in [5.74, 6) is 0.775. The van der Waals surface area contributed by atoms with Gasteiger partial charge in [0.05, 0.1) is 5.56 Å². The van der Waals surface area contributed by atoms with Gasteiger partial charge < -0.3 is 4.90 Å². The average Bonchev–Trinajstić information content (AvgIpc) is 3.23. The second-order valence-corrected chi connectivity index (χ2v) is 7.01. The first-order valence-corrected chi connectivity index (χ1v) is 9.27. The Bertz CT molecular complexity index is 902. The van der Waals surface area contributed by atoms with Crippen molar-refractivity contribution in [2.75, 3.05) is 26.2 Å². The van der Waals surface area contributed by atoms with Crippen LogP contribution in [0.25, 0.3) is 5.82 Å². The van der Waals surface area contributed by atoms with E-state index in [-0.39, 0.29) is 5.91 Å². The zero-order valence-electron chi connectivity index (χ0n) is 14.8. The van der Waals surface area contributed by atoms with Gasteiger partial charge in [0.1, 0.15) is 12.1 Å². The lowest BCUT2D eigenvalue weighted by Gasteiger charge is -2.34. The van der Waals surface area contributed by atoms with Crippen molar-refractivity contribution in [3.8, 4) is 5.82 Å². The van der Waals surface area contributed by atoms with Crippen LogP contribution in [0.1, 0.15) is 15.9 Å². The third kappa shape index (κ3) is 4.18. The maximum Gasteiger partial charge on any atom is 0.255 e. The molecule has 1 amide bonds. The molecule has 4 rings (SSSR count). The Morgan fingerprint density at radius 1 is 1.11 bits per heavy atom. The number of halogens is 1. The summed E-state index contributed by atoms with van der Waals surface area (Å²) in [5, 5.41) is 0.757. The van der Waals surface area contributed by atoms with E-state index >= 15 is 0 Å². The van der Waals surface area contributed by atoms with E-state index in [0.717, 1.165) is 30.5 Å². The van der Waals surface area contributed by atoms with Crippen LogP contribution in [0.5, 0.6) is 0 Å². The minimum Gasteiger partial charge on any atom is -0.336 e. The van der Waals surface area contributed by atoms with E-state index in [2.05, 4.69) is 20.9 Å². The summed E-state index contributed by atoms with van der Waals surface area (Å²) in [4.78, 5) is 25.3. The molecule has 1 aliphatic heterocycles. The van der Waals surface area contributed by atoms with Gasteiger partial charge in [-0.1, -0.05) is 23.7 Å². The molecule has 2 aromatic heterocycles. The van der Waals surface area contributed by atoms with Gasteiger partial charge in [-0.25, -0.2) is 9.97 Å². The summed E-state index contributed by atoms with van der Waals surface area (Å²) >= 11 is 6.06. The molecular formula is C20H20ClN5O. The van der Waals surface area contributed by atoms with Crippen molar-refractivity contribution in [1.82, 2.24) is 24.3 Å². The quantitative estimate of drug-likeness (QED) is 0.697. The number of hydrogen-bond donors (Lipinski definition) is 0. The SMILES string of the molecule is O=C(c1ccc(-n2ccnc2)nc1)N1CCN(Cc2cccc(Cl)c2)CC1. The van der Waals surface area contributed by atoms with E-state index in [1.807, 2.05) is 46.0 Å². The largest absolute Gasteiger partial charge is 0.336 e. The Labute approximate surface area is 163 Å². The minimum absolute atomic E-state index is 0.0297. The molecule has 0 unspecified atom stereocenters. The number of carbonyl (C=O) groups is 1. The molecule has 0 bridgehead atoms. The Hall–Kier alpha value is -2.70. The normalized spacial score (nSPS) is 15.1. The lowest BCUT2D eigenvalue weighted by atomic mass is 10.2. The zero-order valence-corrected chi connectivity index (χ0v) is 15.6. The monoisotopic (exact) mass is 381 g/mol. The molecule has 1 saturated heterocycles. The minimum atomic E-state index is 0.0297. The average molecular weight is 382 g/mol. The highest BCUT2D eigenvalue weighted by Crippen LogP contribution is 2.15. The van der Waals surface area contributed by atoms with Crippen molar-refractivity contribution < 1.29 is 4.79 Å². The lowest BCUT2D eigenvalue weighted by molar-refractivity contribution is 0.0628. The Balaban J connectivity index is 1.34. The van der Waals surface area contributed by atoms with Crippen LogP contribution in [0.3, 0.4) is 0 Å². The van der Waals surface area contributed by atoms with Gasteiger partial charge in [-0.3, -0.25) is 14.3 Å². The fourth-order valence-electron chi connectivity index (χ4n) is 3.25. The fraction of sp³-hybridized carbons (Fsp3) is 0.250. The molecule has 0 spiro atoms. The molecule has 6 nitrogen and oxygen atoms in total. The van der Waals surface area contributed by atoms with Crippen molar-refractivity contribution in [3.63, 3.8) is 0 Å². The van der Waals surface area contributed by atoms with E-state index in [1.165, 1.54) is 5.56 Å². The van der Waals surface area contributed by atoms with Gasteiger partial charge in [0.25, 0.3) is 5.91 Å². The van der Waals surface area contributed by atoms with Crippen molar-refractivity contribution in [3.05, 3.63) is 77.5 Å². The Kier molecular flexibility index (Phi) is 5.18. The molecule has 3 heterocycles. The molecule has 0 radical (unpaired) electrons. The van der Waals surface area contributed by atoms with Gasteiger partial charge >= 0.3 is 0 Å². The number of piperazine rings is 1. The number of imidazole rings is 1.